The number of methoxy groups -OCH3 is 1. The van der Waals surface area contributed by atoms with Crippen LogP contribution in [0.2, 0.25) is 0 Å². The average molecular weight is 473 g/mol. The molecule has 0 aromatic rings. The maximum atomic E-state index is 12.7. The molecule has 0 heterocycles. The van der Waals surface area contributed by atoms with E-state index in [4.69, 9.17) is 4.74 Å². The minimum absolute atomic E-state index is 0.0857. The van der Waals surface area contributed by atoms with Crippen molar-refractivity contribution in [1.29, 1.82) is 0 Å². The number of hydrogen-bond donors (Lipinski definition) is 0. The first-order valence-corrected chi connectivity index (χ1v) is 14.2. The Balaban J connectivity index is 1.76. The molecule has 3 heteroatoms. The fourth-order valence-electron chi connectivity index (χ4n) is 10.7. The van der Waals surface area contributed by atoms with Crippen molar-refractivity contribution >= 4 is 12.3 Å². The van der Waals surface area contributed by atoms with Crippen LogP contribution in [-0.2, 0) is 14.3 Å². The summed E-state index contributed by atoms with van der Waals surface area (Å²) in [6.07, 6.45) is 13.1. The molecule has 4 fully saturated rings. The third-order valence-electron chi connectivity index (χ3n) is 13.4. The summed E-state index contributed by atoms with van der Waals surface area (Å²) in [7, 11) is 1.50. The summed E-state index contributed by atoms with van der Waals surface area (Å²) in [5.74, 6) is 1.30. The molecule has 4 aliphatic carbocycles. The van der Waals surface area contributed by atoms with Crippen LogP contribution in [0.3, 0.4) is 0 Å². The minimum Gasteiger partial charge on any atom is -0.469 e. The molecular weight excluding hydrogens is 420 g/mol. The van der Waals surface area contributed by atoms with Gasteiger partial charge >= 0.3 is 5.97 Å². The van der Waals surface area contributed by atoms with E-state index in [-0.39, 0.29) is 34.1 Å². The number of esters is 1. The van der Waals surface area contributed by atoms with E-state index < -0.39 is 0 Å². The summed E-state index contributed by atoms with van der Waals surface area (Å²) in [6.45, 7) is 19.7. The molecule has 0 spiro atoms. The fourth-order valence-corrected chi connectivity index (χ4v) is 10.7. The summed E-state index contributed by atoms with van der Waals surface area (Å²) in [5, 5.41) is 0. The Labute approximate surface area is 209 Å². The number of aldehydes is 1. The first-order chi connectivity index (χ1) is 15.6. The highest BCUT2D eigenvalue weighted by molar-refractivity contribution is 5.73. The summed E-state index contributed by atoms with van der Waals surface area (Å²) >= 11 is 0. The quantitative estimate of drug-likeness (QED) is 0.309. The van der Waals surface area contributed by atoms with Gasteiger partial charge in [-0.3, -0.25) is 4.79 Å². The van der Waals surface area contributed by atoms with Crippen molar-refractivity contribution in [3.8, 4) is 0 Å². The average Bonchev–Trinajstić information content (AvgIpc) is 2.78. The highest BCUT2D eigenvalue weighted by Gasteiger charge is 2.70. The molecule has 9 atom stereocenters. The SMILES string of the molecule is COC(=O)[C@H](C)[C@@]1(C)CC[C@H]2[C@@](C)(CC[C@@]3(C)[C@@H]4CC(C)(C)CC[C@]4(C)CC[C@]23C)[C@@H]1CC=O. The standard InChI is InChI=1S/C31H52O3/c1-21(25(33)34-9)28(5)12-10-23-29(6,22(28)11-19-32)16-18-31(8)24-20-26(2,3)13-14-27(24,4)15-17-30(23,31)7/h19,21-24H,10-18,20H2,1-9H3/t21-,22+,23-,24+,27+,28+,29-,30+,31-/m0/s1. The van der Waals surface area contributed by atoms with Crippen LogP contribution in [0, 0.1) is 56.2 Å². The van der Waals surface area contributed by atoms with Crippen LogP contribution >= 0.6 is 0 Å². The van der Waals surface area contributed by atoms with Gasteiger partial charge in [-0.15, -0.1) is 0 Å². The van der Waals surface area contributed by atoms with E-state index in [1.54, 1.807) is 0 Å². The third-order valence-corrected chi connectivity index (χ3v) is 13.4. The van der Waals surface area contributed by atoms with Gasteiger partial charge in [0.15, 0.2) is 0 Å². The highest BCUT2D eigenvalue weighted by atomic mass is 16.5. The summed E-state index contributed by atoms with van der Waals surface area (Å²) in [6, 6.07) is 0. The monoisotopic (exact) mass is 472 g/mol. The molecule has 4 saturated carbocycles. The number of rotatable bonds is 4. The molecule has 0 unspecified atom stereocenters. The van der Waals surface area contributed by atoms with Crippen molar-refractivity contribution in [2.45, 2.75) is 120 Å². The maximum absolute atomic E-state index is 12.7. The van der Waals surface area contributed by atoms with Crippen LogP contribution in [0.15, 0.2) is 0 Å². The zero-order valence-corrected chi connectivity index (χ0v) is 23.7. The third kappa shape index (κ3) is 3.41. The Bertz CT molecular complexity index is 833. The smallest absolute Gasteiger partial charge is 0.308 e. The molecule has 194 valence electrons. The lowest BCUT2D eigenvalue weighted by Gasteiger charge is -2.74. The second kappa shape index (κ2) is 8.07. The molecule has 4 rings (SSSR count). The fraction of sp³-hybridized carbons (Fsp3) is 0.935. The van der Waals surface area contributed by atoms with Crippen molar-refractivity contribution < 1.29 is 14.3 Å². The van der Waals surface area contributed by atoms with E-state index in [1.807, 2.05) is 6.92 Å². The van der Waals surface area contributed by atoms with Crippen LogP contribution in [0.4, 0.5) is 0 Å². The highest BCUT2D eigenvalue weighted by Crippen LogP contribution is 2.77. The predicted molar refractivity (Wildman–Crippen MR) is 138 cm³/mol. The lowest BCUT2D eigenvalue weighted by Crippen LogP contribution is -2.67. The van der Waals surface area contributed by atoms with Gasteiger partial charge in [0, 0.05) is 6.42 Å². The summed E-state index contributed by atoms with van der Waals surface area (Å²) in [4.78, 5) is 24.8. The zero-order chi connectivity index (χ0) is 25.4. The molecule has 0 aromatic carbocycles. The Kier molecular flexibility index (Phi) is 6.22. The molecule has 0 amide bonds. The van der Waals surface area contributed by atoms with Crippen LogP contribution < -0.4 is 0 Å². The van der Waals surface area contributed by atoms with Crippen LogP contribution in [0.1, 0.15) is 120 Å². The topological polar surface area (TPSA) is 43.4 Å². The summed E-state index contributed by atoms with van der Waals surface area (Å²) in [5.41, 5.74) is 1.43. The molecule has 0 saturated heterocycles. The van der Waals surface area contributed by atoms with Gasteiger partial charge in [0.25, 0.3) is 0 Å². The molecule has 3 nitrogen and oxygen atoms in total. The number of carbonyl (C=O) groups is 2. The van der Waals surface area contributed by atoms with E-state index in [0.717, 1.165) is 18.6 Å². The van der Waals surface area contributed by atoms with Crippen LogP contribution in [0.5, 0.6) is 0 Å². The number of carbonyl (C=O) groups excluding carboxylic acids is 2. The second-order valence-electron chi connectivity index (χ2n) is 15.2. The maximum Gasteiger partial charge on any atom is 0.308 e. The minimum atomic E-state index is -0.195. The normalized spacial score (nSPS) is 50.8. The van der Waals surface area contributed by atoms with Gasteiger partial charge in [-0.1, -0.05) is 55.4 Å². The number of fused-ring (bicyclic) bond motifs is 5. The van der Waals surface area contributed by atoms with Crippen LogP contribution in [-0.4, -0.2) is 19.4 Å². The Morgan fingerprint density at radius 3 is 2.09 bits per heavy atom. The van der Waals surface area contributed by atoms with Gasteiger partial charge in [0.2, 0.25) is 0 Å². The van der Waals surface area contributed by atoms with E-state index in [1.165, 1.54) is 58.5 Å². The lowest BCUT2D eigenvalue weighted by atomic mass is 9.30. The van der Waals surface area contributed by atoms with Gasteiger partial charge in [0.1, 0.15) is 6.29 Å². The molecular formula is C31H52O3. The molecule has 34 heavy (non-hydrogen) atoms. The van der Waals surface area contributed by atoms with Crippen molar-refractivity contribution in [2.75, 3.05) is 7.11 Å². The van der Waals surface area contributed by atoms with Crippen molar-refractivity contribution in [3.05, 3.63) is 0 Å². The van der Waals surface area contributed by atoms with Gasteiger partial charge in [0.05, 0.1) is 13.0 Å². The predicted octanol–water partition coefficient (Wildman–Crippen LogP) is 7.86. The molecule has 0 N–H and O–H groups in total. The number of hydrogen-bond acceptors (Lipinski definition) is 3. The van der Waals surface area contributed by atoms with E-state index in [9.17, 15) is 9.59 Å². The van der Waals surface area contributed by atoms with E-state index >= 15 is 0 Å². The Morgan fingerprint density at radius 1 is 0.882 bits per heavy atom. The summed E-state index contributed by atoms with van der Waals surface area (Å²) < 4.78 is 5.21. The van der Waals surface area contributed by atoms with Gasteiger partial charge in [-0.05, 0) is 108 Å². The van der Waals surface area contributed by atoms with Gasteiger partial charge in [-0.2, -0.15) is 0 Å². The molecule has 0 bridgehead atoms. The van der Waals surface area contributed by atoms with E-state index in [0.29, 0.717) is 28.6 Å². The Morgan fingerprint density at radius 2 is 1.47 bits per heavy atom. The Hall–Kier alpha value is -0.860. The zero-order valence-electron chi connectivity index (χ0n) is 23.7. The first kappa shape index (κ1) is 26.2. The van der Waals surface area contributed by atoms with Crippen LogP contribution in [0.25, 0.3) is 0 Å². The van der Waals surface area contributed by atoms with Gasteiger partial charge < -0.3 is 9.53 Å². The molecule has 0 aromatic heterocycles. The molecule has 0 aliphatic heterocycles. The van der Waals surface area contributed by atoms with Crippen molar-refractivity contribution in [2.24, 2.45) is 56.2 Å². The largest absolute Gasteiger partial charge is 0.469 e. The lowest BCUT2D eigenvalue weighted by molar-refractivity contribution is -0.254. The second-order valence-corrected chi connectivity index (χ2v) is 15.2. The van der Waals surface area contributed by atoms with Crippen molar-refractivity contribution in [3.63, 3.8) is 0 Å². The number of ether oxygens (including phenoxy) is 1. The van der Waals surface area contributed by atoms with Crippen molar-refractivity contribution in [1.82, 2.24) is 0 Å². The van der Waals surface area contributed by atoms with E-state index in [2.05, 4.69) is 48.5 Å². The molecule has 4 aliphatic rings. The molecule has 0 radical (unpaired) electrons. The van der Waals surface area contributed by atoms with Gasteiger partial charge in [-0.25, -0.2) is 0 Å². The first-order valence-electron chi connectivity index (χ1n) is 14.2.